The lowest BCUT2D eigenvalue weighted by molar-refractivity contribution is -0.152. The second kappa shape index (κ2) is 8.32. The summed E-state index contributed by atoms with van der Waals surface area (Å²) in [5.74, 6) is -1.81. The van der Waals surface area contributed by atoms with Crippen molar-refractivity contribution in [2.24, 2.45) is 5.92 Å². The standard InChI is InChI=1S/C17H22O5/c1-5-22-17(20)16(12(3)19)15(10-11(2)18)13-6-8-14(21-4)9-7-13/h6-9,15-16H,5,10H2,1-4H3/t15-,16-/m1/s1. The van der Waals surface area contributed by atoms with E-state index in [1.165, 1.54) is 13.8 Å². The van der Waals surface area contributed by atoms with Gasteiger partial charge >= 0.3 is 5.97 Å². The first-order valence-corrected chi connectivity index (χ1v) is 7.21. The normalized spacial score (nSPS) is 13.1. The van der Waals surface area contributed by atoms with Gasteiger partial charge in [0.2, 0.25) is 0 Å². The Kier molecular flexibility index (Phi) is 6.76. The number of ketones is 2. The molecule has 0 unspecified atom stereocenters. The first-order chi connectivity index (χ1) is 10.4. The van der Waals surface area contributed by atoms with E-state index in [1.807, 2.05) is 0 Å². The van der Waals surface area contributed by atoms with Crippen molar-refractivity contribution >= 4 is 17.5 Å². The van der Waals surface area contributed by atoms with Crippen molar-refractivity contribution in [1.82, 2.24) is 0 Å². The zero-order valence-electron chi connectivity index (χ0n) is 13.4. The Morgan fingerprint density at radius 1 is 1.09 bits per heavy atom. The minimum atomic E-state index is -0.975. The Morgan fingerprint density at radius 2 is 1.68 bits per heavy atom. The van der Waals surface area contributed by atoms with Crippen LogP contribution in [-0.2, 0) is 19.1 Å². The molecule has 0 fully saturated rings. The number of benzene rings is 1. The number of ether oxygens (including phenoxy) is 2. The molecule has 5 heteroatoms. The molecule has 0 aliphatic carbocycles. The SMILES string of the molecule is CCOC(=O)[C@H](C(C)=O)[C@H](CC(C)=O)c1ccc(OC)cc1. The van der Waals surface area contributed by atoms with Gasteiger partial charge in [-0.15, -0.1) is 0 Å². The van der Waals surface area contributed by atoms with Crippen LogP contribution in [0.5, 0.6) is 5.75 Å². The lowest BCUT2D eigenvalue weighted by atomic mass is 9.80. The third-order valence-electron chi connectivity index (χ3n) is 3.43. The molecule has 0 aliphatic rings. The second-order valence-electron chi connectivity index (χ2n) is 5.13. The van der Waals surface area contributed by atoms with Crippen LogP contribution in [0.2, 0.25) is 0 Å². The Bertz CT molecular complexity index is 532. The zero-order valence-corrected chi connectivity index (χ0v) is 13.4. The Balaban J connectivity index is 3.19. The molecule has 5 nitrogen and oxygen atoms in total. The largest absolute Gasteiger partial charge is 0.497 e. The molecule has 0 spiro atoms. The minimum absolute atomic E-state index is 0.0867. The summed E-state index contributed by atoms with van der Waals surface area (Å²) in [4.78, 5) is 35.6. The lowest BCUT2D eigenvalue weighted by Crippen LogP contribution is -2.31. The van der Waals surface area contributed by atoms with Crippen LogP contribution in [-0.4, -0.2) is 31.3 Å². The third kappa shape index (κ3) is 4.69. The van der Waals surface area contributed by atoms with Crippen LogP contribution in [0.3, 0.4) is 0 Å². The summed E-state index contributed by atoms with van der Waals surface area (Å²) in [6.07, 6.45) is 0.107. The van der Waals surface area contributed by atoms with Crippen molar-refractivity contribution < 1.29 is 23.9 Å². The van der Waals surface area contributed by atoms with Gasteiger partial charge in [-0.3, -0.25) is 9.59 Å². The van der Waals surface area contributed by atoms with Gasteiger partial charge < -0.3 is 14.3 Å². The average Bonchev–Trinajstić information content (AvgIpc) is 2.46. The van der Waals surface area contributed by atoms with Gasteiger partial charge in [-0.2, -0.15) is 0 Å². The van der Waals surface area contributed by atoms with Gasteiger partial charge in [-0.25, -0.2) is 0 Å². The van der Waals surface area contributed by atoms with Gasteiger partial charge in [0.25, 0.3) is 0 Å². The number of carbonyl (C=O) groups excluding carboxylic acids is 3. The number of Topliss-reactive ketones (excluding diaryl/α,β-unsaturated/α-hetero) is 2. The van der Waals surface area contributed by atoms with Crippen LogP contribution in [0.4, 0.5) is 0 Å². The molecule has 0 radical (unpaired) electrons. The van der Waals surface area contributed by atoms with E-state index < -0.39 is 17.8 Å². The third-order valence-corrected chi connectivity index (χ3v) is 3.43. The van der Waals surface area contributed by atoms with Gasteiger partial charge in [0.15, 0.2) is 0 Å². The highest BCUT2D eigenvalue weighted by Crippen LogP contribution is 2.31. The van der Waals surface area contributed by atoms with E-state index in [0.29, 0.717) is 5.75 Å². The molecule has 0 aliphatic heterocycles. The van der Waals surface area contributed by atoms with Crippen molar-refractivity contribution in [1.29, 1.82) is 0 Å². The predicted molar refractivity (Wildman–Crippen MR) is 81.8 cm³/mol. The highest BCUT2D eigenvalue weighted by Gasteiger charge is 2.35. The molecule has 0 heterocycles. The van der Waals surface area contributed by atoms with Crippen LogP contribution in [0.1, 0.15) is 38.7 Å². The van der Waals surface area contributed by atoms with Crippen molar-refractivity contribution in [3.05, 3.63) is 29.8 Å². The van der Waals surface area contributed by atoms with Crippen molar-refractivity contribution in [3.8, 4) is 5.75 Å². The molecule has 2 atom stereocenters. The topological polar surface area (TPSA) is 69.7 Å². The minimum Gasteiger partial charge on any atom is -0.497 e. The van der Waals surface area contributed by atoms with Gasteiger partial charge in [0.05, 0.1) is 13.7 Å². The van der Waals surface area contributed by atoms with Crippen LogP contribution in [0.15, 0.2) is 24.3 Å². The molecular formula is C17H22O5. The second-order valence-corrected chi connectivity index (χ2v) is 5.13. The number of carbonyl (C=O) groups is 3. The van der Waals surface area contributed by atoms with Gasteiger partial charge in [0, 0.05) is 12.3 Å². The number of rotatable bonds is 8. The number of esters is 1. The summed E-state index contributed by atoms with van der Waals surface area (Å²) in [7, 11) is 1.55. The average molecular weight is 306 g/mol. The monoisotopic (exact) mass is 306 g/mol. The molecule has 1 rings (SSSR count). The fourth-order valence-corrected chi connectivity index (χ4v) is 2.43. The zero-order chi connectivity index (χ0) is 16.7. The quantitative estimate of drug-likeness (QED) is 0.545. The molecule has 1 aromatic rings. The van der Waals surface area contributed by atoms with Gasteiger partial charge in [-0.05, 0) is 38.5 Å². The van der Waals surface area contributed by atoms with Crippen LogP contribution in [0.25, 0.3) is 0 Å². The molecule has 0 N–H and O–H groups in total. The van der Waals surface area contributed by atoms with Crippen molar-refractivity contribution in [2.45, 2.75) is 33.1 Å². The molecular weight excluding hydrogens is 284 g/mol. The van der Waals surface area contributed by atoms with E-state index in [0.717, 1.165) is 5.56 Å². The highest BCUT2D eigenvalue weighted by molar-refractivity contribution is 5.99. The summed E-state index contributed by atoms with van der Waals surface area (Å²) in [5.41, 5.74) is 0.740. The van der Waals surface area contributed by atoms with E-state index in [4.69, 9.17) is 9.47 Å². The molecule has 0 saturated carbocycles. The summed E-state index contributed by atoms with van der Waals surface area (Å²) in [6, 6.07) is 7.01. The van der Waals surface area contributed by atoms with Crippen LogP contribution < -0.4 is 4.74 Å². The lowest BCUT2D eigenvalue weighted by Gasteiger charge is -2.23. The van der Waals surface area contributed by atoms with E-state index in [2.05, 4.69) is 0 Å². The maximum Gasteiger partial charge on any atom is 0.317 e. The number of hydrogen-bond donors (Lipinski definition) is 0. The molecule has 0 saturated heterocycles. The summed E-state index contributed by atoms with van der Waals surface area (Å²) in [6.45, 7) is 4.66. The first kappa shape index (κ1) is 17.9. The van der Waals surface area contributed by atoms with E-state index in [9.17, 15) is 14.4 Å². The first-order valence-electron chi connectivity index (χ1n) is 7.21. The van der Waals surface area contributed by atoms with Gasteiger partial charge in [-0.1, -0.05) is 12.1 Å². The predicted octanol–water partition coefficient (Wildman–Crippen LogP) is 2.53. The number of methoxy groups -OCH3 is 1. The van der Waals surface area contributed by atoms with Crippen molar-refractivity contribution in [2.75, 3.05) is 13.7 Å². The molecule has 120 valence electrons. The molecule has 0 aromatic heterocycles. The maximum atomic E-state index is 12.1. The fraction of sp³-hybridized carbons (Fsp3) is 0.471. The summed E-state index contributed by atoms with van der Waals surface area (Å²) >= 11 is 0. The van der Waals surface area contributed by atoms with Crippen LogP contribution >= 0.6 is 0 Å². The van der Waals surface area contributed by atoms with E-state index >= 15 is 0 Å². The number of hydrogen-bond acceptors (Lipinski definition) is 5. The van der Waals surface area contributed by atoms with Crippen molar-refractivity contribution in [3.63, 3.8) is 0 Å². The summed E-state index contributed by atoms with van der Waals surface area (Å²) in [5, 5.41) is 0. The Morgan fingerprint density at radius 3 is 2.09 bits per heavy atom. The highest BCUT2D eigenvalue weighted by atomic mass is 16.5. The van der Waals surface area contributed by atoms with E-state index in [-0.39, 0.29) is 24.6 Å². The smallest absolute Gasteiger partial charge is 0.317 e. The fourth-order valence-electron chi connectivity index (χ4n) is 2.43. The molecule has 0 bridgehead atoms. The Labute approximate surface area is 130 Å². The Hall–Kier alpha value is -2.17. The molecule has 22 heavy (non-hydrogen) atoms. The van der Waals surface area contributed by atoms with Gasteiger partial charge in [0.1, 0.15) is 23.2 Å². The van der Waals surface area contributed by atoms with Crippen LogP contribution in [0, 0.1) is 5.92 Å². The summed E-state index contributed by atoms with van der Waals surface area (Å²) < 4.78 is 10.1. The molecule has 1 aromatic carbocycles. The molecule has 0 amide bonds. The van der Waals surface area contributed by atoms with E-state index in [1.54, 1.807) is 38.3 Å². The maximum absolute atomic E-state index is 12.1.